The Labute approximate surface area is 56.4 Å². The van der Waals surface area contributed by atoms with Crippen LogP contribution in [0, 0.1) is 0 Å². The molecular weight excluding hydrogens is 117 g/mol. The topological polar surface area (TPSA) is 4.44 Å². The van der Waals surface area contributed by atoms with Crippen molar-refractivity contribution in [3.8, 4) is 0 Å². The number of hydrogen-bond donors (Lipinski definition) is 1. The van der Waals surface area contributed by atoms with E-state index in [1.54, 1.807) is 4.90 Å². The number of halogens is 1. The molecule has 0 aromatic carbocycles. The van der Waals surface area contributed by atoms with Crippen LogP contribution in [0.3, 0.4) is 0 Å². The summed E-state index contributed by atoms with van der Waals surface area (Å²) in [7, 11) is 2.31. The minimum absolute atomic E-state index is 0. The fourth-order valence-corrected chi connectivity index (χ4v) is 1.63. The third kappa shape index (κ3) is 1.94. The van der Waals surface area contributed by atoms with E-state index in [-0.39, 0.29) is 4.70 Å². The van der Waals surface area contributed by atoms with Crippen LogP contribution in [0.4, 0.5) is 0 Å². The van der Waals surface area contributed by atoms with E-state index in [0.717, 1.165) is 6.04 Å². The monoisotopic (exact) mass is 133 g/mol. The molecule has 0 aromatic heterocycles. The number of quaternary nitrogens is 1. The minimum Gasteiger partial charge on any atom is -1.00 e. The summed E-state index contributed by atoms with van der Waals surface area (Å²) in [6, 6.07) is 0.981. The molecule has 0 spiro atoms. The van der Waals surface area contributed by atoms with Gasteiger partial charge in [-0.05, 0) is 6.42 Å². The van der Waals surface area contributed by atoms with Crippen molar-refractivity contribution in [2.24, 2.45) is 0 Å². The summed E-state index contributed by atoms with van der Waals surface area (Å²) < 4.78 is 0. The maximum atomic E-state index is 2.31. The molecule has 2 unspecified atom stereocenters. The van der Waals surface area contributed by atoms with Gasteiger partial charge in [0.05, 0.1) is 19.6 Å². The lowest BCUT2D eigenvalue weighted by Crippen LogP contribution is -3.10. The van der Waals surface area contributed by atoms with E-state index in [1.807, 2.05) is 0 Å². The highest BCUT2D eigenvalue weighted by molar-refractivity contribution is 4.57. The summed E-state index contributed by atoms with van der Waals surface area (Å²) in [6.45, 7) is 3.69. The van der Waals surface area contributed by atoms with Crippen LogP contribution >= 0.6 is 0 Å². The van der Waals surface area contributed by atoms with Gasteiger partial charge >= 0.3 is 0 Å². The van der Waals surface area contributed by atoms with Crippen LogP contribution in [0.25, 0.3) is 0 Å². The predicted octanol–water partition coefficient (Wildman–Crippen LogP) is -2.92. The van der Waals surface area contributed by atoms with Crippen molar-refractivity contribution in [3.05, 3.63) is 0 Å². The molecule has 2 heteroatoms. The molecule has 0 radical (unpaired) electrons. The molecule has 9 heavy (non-hydrogen) atoms. The van der Waals surface area contributed by atoms with Crippen LogP contribution in [0.15, 0.2) is 0 Å². The Hall–Kier alpha value is -0.110. The molecule has 1 rings (SSSR count). The summed E-state index contributed by atoms with van der Waals surface area (Å²) >= 11 is 0. The summed E-state index contributed by atoms with van der Waals surface area (Å²) in [5.41, 5.74) is 0. The van der Waals surface area contributed by atoms with Crippen LogP contribution in [0.1, 0.15) is 26.2 Å². The minimum atomic E-state index is 0. The molecule has 1 saturated heterocycles. The molecule has 0 amide bonds. The van der Waals surface area contributed by atoms with E-state index in [9.17, 15) is 0 Å². The van der Waals surface area contributed by atoms with Gasteiger partial charge in [0.1, 0.15) is 0 Å². The van der Waals surface area contributed by atoms with Gasteiger partial charge in [0.15, 0.2) is 0 Å². The van der Waals surface area contributed by atoms with E-state index in [0.29, 0.717) is 0 Å². The fraction of sp³-hybridized carbons (Fsp3) is 1.00. The lowest BCUT2D eigenvalue weighted by atomic mass is 10.2. The van der Waals surface area contributed by atoms with Gasteiger partial charge in [0.2, 0.25) is 0 Å². The molecule has 0 aromatic rings. The van der Waals surface area contributed by atoms with Crippen LogP contribution in [-0.2, 0) is 0 Å². The third-order valence-corrected chi connectivity index (χ3v) is 2.31. The molecule has 1 N–H and O–H groups in total. The first-order chi connectivity index (χ1) is 3.84. The summed E-state index contributed by atoms with van der Waals surface area (Å²) in [5, 5.41) is 0. The van der Waals surface area contributed by atoms with Crippen molar-refractivity contribution in [2.75, 3.05) is 13.6 Å². The normalized spacial score (nSPS) is 34.0. The zero-order valence-corrected chi connectivity index (χ0v) is 6.28. The molecule has 0 aliphatic carbocycles. The highest BCUT2D eigenvalue weighted by Crippen LogP contribution is 2.01. The van der Waals surface area contributed by atoms with Gasteiger partial charge in [0, 0.05) is 12.8 Å². The second-order valence-corrected chi connectivity index (χ2v) is 2.84. The summed E-state index contributed by atoms with van der Waals surface area (Å²) in [6.07, 6.45) is 4.28. The van der Waals surface area contributed by atoms with Gasteiger partial charge in [-0.2, -0.15) is 0 Å². The molecule has 2 atom stereocenters. The Morgan fingerprint density at radius 1 is 1.56 bits per heavy atom. The molecular formula is C7H16FN. The smallest absolute Gasteiger partial charge is 0.0872 e. The summed E-state index contributed by atoms with van der Waals surface area (Å²) in [4.78, 5) is 1.74. The second-order valence-electron chi connectivity index (χ2n) is 2.84. The van der Waals surface area contributed by atoms with Crippen molar-refractivity contribution >= 4 is 0 Å². The van der Waals surface area contributed by atoms with Crippen molar-refractivity contribution < 1.29 is 9.60 Å². The van der Waals surface area contributed by atoms with Crippen molar-refractivity contribution in [1.29, 1.82) is 0 Å². The highest BCUT2D eigenvalue weighted by atomic mass is 19.0. The molecule has 1 heterocycles. The zero-order chi connectivity index (χ0) is 5.98. The van der Waals surface area contributed by atoms with Crippen LogP contribution < -0.4 is 9.60 Å². The standard InChI is InChI=1S/C7H15N.FH/c1-3-7-5-4-6-8(7)2;/h7H,3-6H2,1-2H3;1H. The average Bonchev–Trinajstić information content (AvgIpc) is 2.14. The maximum absolute atomic E-state index is 2.31. The number of likely N-dealkylation sites (tertiary alicyclic amines) is 1. The van der Waals surface area contributed by atoms with Gasteiger partial charge in [-0.3, -0.25) is 0 Å². The quantitative estimate of drug-likeness (QED) is 0.391. The third-order valence-electron chi connectivity index (χ3n) is 2.31. The second kappa shape index (κ2) is 3.83. The fourth-order valence-electron chi connectivity index (χ4n) is 1.63. The van der Waals surface area contributed by atoms with Gasteiger partial charge in [-0.25, -0.2) is 0 Å². The zero-order valence-electron chi connectivity index (χ0n) is 6.28. The Bertz CT molecular complexity index is 75.3. The van der Waals surface area contributed by atoms with Crippen molar-refractivity contribution in [2.45, 2.75) is 32.2 Å². The van der Waals surface area contributed by atoms with Crippen molar-refractivity contribution in [1.82, 2.24) is 0 Å². The Kier molecular flexibility index (Phi) is 3.78. The number of hydrogen-bond acceptors (Lipinski definition) is 0. The molecule has 1 nitrogen and oxygen atoms in total. The first-order valence-electron chi connectivity index (χ1n) is 3.67. The Balaban J connectivity index is 0.000000640. The molecule has 1 aliphatic heterocycles. The van der Waals surface area contributed by atoms with E-state index in [2.05, 4.69) is 14.0 Å². The lowest BCUT2D eigenvalue weighted by molar-refractivity contribution is -0.892. The maximum Gasteiger partial charge on any atom is 0.0872 e. The predicted molar refractivity (Wildman–Crippen MR) is 35.1 cm³/mol. The molecule has 0 saturated carbocycles. The van der Waals surface area contributed by atoms with Crippen molar-refractivity contribution in [3.63, 3.8) is 0 Å². The van der Waals surface area contributed by atoms with Gasteiger partial charge in [0.25, 0.3) is 0 Å². The molecule has 0 bridgehead atoms. The first-order valence-corrected chi connectivity index (χ1v) is 3.67. The van der Waals surface area contributed by atoms with E-state index in [1.165, 1.54) is 25.8 Å². The van der Waals surface area contributed by atoms with Crippen LogP contribution in [0.5, 0.6) is 0 Å². The number of nitrogens with one attached hydrogen (secondary N) is 1. The Morgan fingerprint density at radius 3 is 2.44 bits per heavy atom. The average molecular weight is 133 g/mol. The lowest BCUT2D eigenvalue weighted by Gasteiger charge is -2.13. The van der Waals surface area contributed by atoms with E-state index in [4.69, 9.17) is 0 Å². The van der Waals surface area contributed by atoms with E-state index >= 15 is 0 Å². The number of rotatable bonds is 1. The Morgan fingerprint density at radius 2 is 2.22 bits per heavy atom. The van der Waals surface area contributed by atoms with Crippen LogP contribution in [-0.4, -0.2) is 19.6 Å². The summed E-state index contributed by atoms with van der Waals surface area (Å²) in [5.74, 6) is 0. The van der Waals surface area contributed by atoms with Gasteiger partial charge in [-0.1, -0.05) is 6.92 Å². The van der Waals surface area contributed by atoms with Crippen LogP contribution in [0.2, 0.25) is 0 Å². The van der Waals surface area contributed by atoms with E-state index < -0.39 is 0 Å². The molecule has 1 fully saturated rings. The highest BCUT2D eigenvalue weighted by Gasteiger charge is 2.21. The van der Waals surface area contributed by atoms with Gasteiger partial charge < -0.3 is 9.60 Å². The van der Waals surface area contributed by atoms with Gasteiger partial charge in [-0.15, -0.1) is 0 Å². The SMILES string of the molecule is CCC1CCC[NH+]1C.[F-]. The molecule has 56 valence electrons. The first kappa shape index (κ1) is 8.89. The molecule has 1 aliphatic rings. The largest absolute Gasteiger partial charge is 1.00 e.